The number of halogens is 2. The predicted molar refractivity (Wildman–Crippen MR) is 115 cm³/mol. The Kier molecular flexibility index (Phi) is 7.75. The minimum absolute atomic E-state index is 0.0780. The monoisotopic (exact) mass is 422 g/mol. The third-order valence-corrected chi connectivity index (χ3v) is 6.16. The van der Waals surface area contributed by atoms with Crippen molar-refractivity contribution in [2.45, 2.75) is 24.5 Å². The summed E-state index contributed by atoms with van der Waals surface area (Å²) in [5.74, 6) is 0. The number of nitrogens with zero attached hydrogens (tertiary/aromatic N) is 1. The summed E-state index contributed by atoms with van der Waals surface area (Å²) in [4.78, 5) is 2.35. The number of nitrogens with one attached hydrogen (secondary N) is 1. The fourth-order valence-electron chi connectivity index (χ4n) is 3.68. The second-order valence-corrected chi connectivity index (χ2v) is 8.14. The molecule has 1 aliphatic rings. The Morgan fingerprint density at radius 2 is 1.82 bits per heavy atom. The first-order valence-electron chi connectivity index (χ1n) is 9.73. The molecule has 4 nitrogen and oxygen atoms in total. The van der Waals surface area contributed by atoms with Crippen molar-refractivity contribution in [1.82, 2.24) is 10.2 Å². The number of ether oxygens (including phenoxy) is 1. The molecule has 6 heteroatoms. The van der Waals surface area contributed by atoms with Crippen LogP contribution in [0.15, 0.2) is 48.5 Å². The Balaban J connectivity index is 1.49. The Morgan fingerprint density at radius 1 is 1.11 bits per heavy atom. The van der Waals surface area contributed by atoms with E-state index < -0.39 is 5.60 Å². The number of benzene rings is 2. The summed E-state index contributed by atoms with van der Waals surface area (Å²) in [5.41, 5.74) is 1.31. The molecule has 0 bridgehead atoms. The molecule has 0 radical (unpaired) electrons. The summed E-state index contributed by atoms with van der Waals surface area (Å²) in [6.07, 6.45) is 1.40. The van der Waals surface area contributed by atoms with Gasteiger partial charge < -0.3 is 20.1 Å². The number of likely N-dealkylation sites (tertiary alicyclic amines) is 1. The van der Waals surface area contributed by atoms with E-state index in [4.69, 9.17) is 27.9 Å². The lowest BCUT2D eigenvalue weighted by molar-refractivity contribution is -0.0359. The van der Waals surface area contributed by atoms with Gasteiger partial charge in [0.2, 0.25) is 0 Å². The largest absolute Gasteiger partial charge is 0.385 e. The van der Waals surface area contributed by atoms with Gasteiger partial charge in [-0.3, -0.25) is 0 Å². The van der Waals surface area contributed by atoms with Gasteiger partial charge in [-0.25, -0.2) is 0 Å². The van der Waals surface area contributed by atoms with Gasteiger partial charge in [-0.15, -0.1) is 0 Å². The molecule has 0 spiro atoms. The third-order valence-electron chi connectivity index (χ3n) is 5.43. The highest BCUT2D eigenvalue weighted by atomic mass is 35.5. The van der Waals surface area contributed by atoms with Gasteiger partial charge in [0.15, 0.2) is 0 Å². The highest BCUT2D eigenvalue weighted by Gasteiger charge is 2.33. The van der Waals surface area contributed by atoms with Gasteiger partial charge in [0, 0.05) is 26.2 Å². The molecule has 152 valence electrons. The van der Waals surface area contributed by atoms with E-state index in [1.165, 1.54) is 0 Å². The minimum Gasteiger partial charge on any atom is -0.385 e. The molecule has 3 rings (SSSR count). The molecular weight excluding hydrogens is 395 g/mol. The van der Waals surface area contributed by atoms with Gasteiger partial charge in [-0.2, -0.15) is 0 Å². The molecule has 1 heterocycles. The molecule has 0 amide bonds. The topological polar surface area (TPSA) is 44.7 Å². The van der Waals surface area contributed by atoms with Crippen LogP contribution < -0.4 is 5.32 Å². The lowest BCUT2D eigenvalue weighted by Gasteiger charge is -2.38. The number of rotatable bonds is 8. The number of hydrogen-bond acceptors (Lipinski definition) is 4. The van der Waals surface area contributed by atoms with E-state index in [2.05, 4.69) is 10.2 Å². The van der Waals surface area contributed by atoms with Crippen molar-refractivity contribution in [1.29, 1.82) is 0 Å². The zero-order chi connectivity index (χ0) is 20.0. The van der Waals surface area contributed by atoms with Gasteiger partial charge in [-0.05, 0) is 43.1 Å². The number of hydrogen-bond donors (Lipinski definition) is 2. The predicted octanol–water partition coefficient (Wildman–Crippen LogP) is 4.25. The van der Waals surface area contributed by atoms with Gasteiger partial charge in [-0.1, -0.05) is 59.6 Å². The van der Waals surface area contributed by atoms with E-state index in [-0.39, 0.29) is 6.10 Å². The standard InChI is InChI=1S/C22H28Cl2N2O2/c1-25-16-21(17-7-8-19(23)20(24)15-17)28-14-13-26-11-9-22(27,10-12-26)18-5-3-2-4-6-18/h2-8,15,21,25,27H,9-14,16H2,1H3. The minimum atomic E-state index is -0.715. The van der Waals surface area contributed by atoms with Crippen LogP contribution in [0.5, 0.6) is 0 Å². The van der Waals surface area contributed by atoms with E-state index >= 15 is 0 Å². The molecule has 2 N–H and O–H groups in total. The molecular formula is C22H28Cl2N2O2. The third kappa shape index (κ3) is 5.47. The smallest absolute Gasteiger partial charge is 0.0950 e. The summed E-state index contributed by atoms with van der Waals surface area (Å²) >= 11 is 12.2. The molecule has 0 aliphatic carbocycles. The van der Waals surface area contributed by atoms with Crippen LogP contribution in [0.2, 0.25) is 10.0 Å². The van der Waals surface area contributed by atoms with Crippen LogP contribution in [0.1, 0.15) is 30.1 Å². The van der Waals surface area contributed by atoms with E-state index in [1.807, 2.05) is 49.5 Å². The Bertz CT molecular complexity index is 749. The van der Waals surface area contributed by atoms with Crippen LogP contribution in [0.4, 0.5) is 0 Å². The zero-order valence-electron chi connectivity index (χ0n) is 16.2. The van der Waals surface area contributed by atoms with Gasteiger partial charge in [0.25, 0.3) is 0 Å². The van der Waals surface area contributed by atoms with Crippen LogP contribution in [-0.4, -0.2) is 49.8 Å². The van der Waals surface area contributed by atoms with Crippen molar-refractivity contribution in [3.8, 4) is 0 Å². The summed E-state index contributed by atoms with van der Waals surface area (Å²) in [6, 6.07) is 15.6. The van der Waals surface area contributed by atoms with Crippen molar-refractivity contribution in [3.63, 3.8) is 0 Å². The Hall–Kier alpha value is -1.14. The molecule has 1 saturated heterocycles. The van der Waals surface area contributed by atoms with Crippen LogP contribution >= 0.6 is 23.2 Å². The second-order valence-electron chi connectivity index (χ2n) is 7.33. The highest BCUT2D eigenvalue weighted by molar-refractivity contribution is 6.42. The van der Waals surface area contributed by atoms with E-state index in [1.54, 1.807) is 6.07 Å². The summed E-state index contributed by atoms with van der Waals surface area (Å²) in [7, 11) is 1.91. The molecule has 0 aromatic heterocycles. The maximum Gasteiger partial charge on any atom is 0.0950 e. The quantitative estimate of drug-likeness (QED) is 0.666. The summed E-state index contributed by atoms with van der Waals surface area (Å²) < 4.78 is 6.13. The average Bonchev–Trinajstić information content (AvgIpc) is 2.72. The van der Waals surface area contributed by atoms with Gasteiger partial charge in [0.05, 0.1) is 28.4 Å². The van der Waals surface area contributed by atoms with Crippen LogP contribution in [0, 0.1) is 0 Å². The van der Waals surface area contributed by atoms with Gasteiger partial charge in [0.1, 0.15) is 0 Å². The fraction of sp³-hybridized carbons (Fsp3) is 0.455. The maximum atomic E-state index is 11.0. The van der Waals surface area contributed by atoms with Crippen molar-refractivity contribution in [2.75, 3.05) is 39.8 Å². The first-order chi connectivity index (χ1) is 13.5. The van der Waals surface area contributed by atoms with Crippen LogP contribution in [0.25, 0.3) is 0 Å². The van der Waals surface area contributed by atoms with E-state index in [0.29, 0.717) is 23.2 Å². The van der Waals surface area contributed by atoms with E-state index in [9.17, 15) is 5.11 Å². The molecule has 2 aromatic carbocycles. The maximum absolute atomic E-state index is 11.0. The zero-order valence-corrected chi connectivity index (χ0v) is 17.7. The highest BCUT2D eigenvalue weighted by Crippen LogP contribution is 2.32. The van der Waals surface area contributed by atoms with Crippen molar-refractivity contribution in [3.05, 3.63) is 69.7 Å². The SMILES string of the molecule is CNCC(OCCN1CCC(O)(c2ccccc2)CC1)c1ccc(Cl)c(Cl)c1. The molecule has 2 aromatic rings. The van der Waals surface area contributed by atoms with Crippen molar-refractivity contribution in [2.24, 2.45) is 0 Å². The number of piperidine rings is 1. The Morgan fingerprint density at radius 3 is 2.46 bits per heavy atom. The van der Waals surface area contributed by atoms with Crippen LogP contribution in [-0.2, 0) is 10.3 Å². The average molecular weight is 423 g/mol. The molecule has 0 saturated carbocycles. The number of likely N-dealkylation sites (N-methyl/N-ethyl adjacent to an activating group) is 1. The molecule has 1 fully saturated rings. The molecule has 28 heavy (non-hydrogen) atoms. The number of aliphatic hydroxyl groups is 1. The fourth-order valence-corrected chi connectivity index (χ4v) is 3.99. The van der Waals surface area contributed by atoms with Crippen molar-refractivity contribution < 1.29 is 9.84 Å². The van der Waals surface area contributed by atoms with Gasteiger partial charge >= 0.3 is 0 Å². The molecule has 1 atom stereocenters. The van der Waals surface area contributed by atoms with Crippen molar-refractivity contribution >= 4 is 23.2 Å². The second kappa shape index (κ2) is 10.1. The molecule has 1 aliphatic heterocycles. The summed E-state index contributed by atoms with van der Waals surface area (Å²) in [6.45, 7) is 3.88. The Labute approximate surface area is 177 Å². The lowest BCUT2D eigenvalue weighted by Crippen LogP contribution is -2.43. The first-order valence-corrected chi connectivity index (χ1v) is 10.5. The van der Waals surface area contributed by atoms with E-state index in [0.717, 1.165) is 43.6 Å². The molecule has 1 unspecified atom stereocenters. The van der Waals surface area contributed by atoms with Crippen LogP contribution in [0.3, 0.4) is 0 Å². The first kappa shape index (κ1) is 21.6. The normalized spacial score (nSPS) is 18.1. The lowest BCUT2D eigenvalue weighted by atomic mass is 9.84. The summed E-state index contributed by atoms with van der Waals surface area (Å²) in [5, 5.41) is 15.2.